The number of nitrogen functional groups attached to an aromatic ring is 1. The van der Waals surface area contributed by atoms with Crippen molar-refractivity contribution in [1.82, 2.24) is 9.80 Å². The minimum Gasteiger partial charge on any atom is -0.395 e. The van der Waals surface area contributed by atoms with Gasteiger partial charge in [-0.15, -0.1) is 0 Å². The fourth-order valence-corrected chi connectivity index (χ4v) is 2.70. The highest BCUT2D eigenvalue weighted by Gasteiger charge is 2.22. The molecule has 0 atom stereocenters. The van der Waals surface area contributed by atoms with E-state index < -0.39 is 0 Å². The summed E-state index contributed by atoms with van der Waals surface area (Å²) in [5, 5.41) is 9.51. The summed E-state index contributed by atoms with van der Waals surface area (Å²) < 4.78 is 0. The lowest BCUT2D eigenvalue weighted by Crippen LogP contribution is -2.36. The molecule has 1 aliphatic heterocycles. The van der Waals surface area contributed by atoms with Crippen LogP contribution in [0, 0.1) is 0 Å². The smallest absolute Gasteiger partial charge is 0.256 e. The summed E-state index contributed by atoms with van der Waals surface area (Å²) >= 11 is 5.98. The Morgan fingerprint density at radius 1 is 1.33 bits per heavy atom. The topological polar surface area (TPSA) is 81.8 Å². The van der Waals surface area contributed by atoms with Crippen molar-refractivity contribution in [3.63, 3.8) is 0 Å². The number of carbonyl (C=O) groups is 1. The van der Waals surface area contributed by atoms with E-state index in [1.807, 2.05) is 4.90 Å². The molecular weight excluding hydrogens is 292 g/mol. The number of hydrogen-bond acceptors (Lipinski definition) is 5. The molecule has 0 aliphatic carbocycles. The Labute approximate surface area is 129 Å². The van der Waals surface area contributed by atoms with Crippen molar-refractivity contribution in [2.75, 3.05) is 44.8 Å². The van der Waals surface area contributed by atoms with Crippen molar-refractivity contribution < 1.29 is 9.90 Å². The number of nitrogens with one attached hydrogen (secondary N) is 1. The van der Waals surface area contributed by atoms with E-state index in [1.54, 1.807) is 18.2 Å². The lowest BCUT2D eigenvalue weighted by atomic mass is 10.1. The van der Waals surface area contributed by atoms with Crippen LogP contribution in [-0.4, -0.2) is 60.1 Å². The van der Waals surface area contributed by atoms with Gasteiger partial charge in [-0.1, -0.05) is 11.6 Å². The lowest BCUT2D eigenvalue weighted by molar-refractivity contribution is 0.0761. The summed E-state index contributed by atoms with van der Waals surface area (Å²) in [7, 11) is 0. The summed E-state index contributed by atoms with van der Waals surface area (Å²) in [5.74, 6) is 5.39. The number of rotatable bonds is 4. The lowest BCUT2D eigenvalue weighted by Gasteiger charge is -2.22. The van der Waals surface area contributed by atoms with E-state index >= 15 is 0 Å². The predicted molar refractivity (Wildman–Crippen MR) is 83.3 cm³/mol. The number of aliphatic hydroxyl groups is 1. The molecule has 21 heavy (non-hydrogen) atoms. The zero-order chi connectivity index (χ0) is 15.2. The molecule has 1 aliphatic rings. The molecule has 116 valence electrons. The number of nitrogens with two attached hydrogens (primary N) is 1. The molecule has 0 radical (unpaired) electrons. The number of halogens is 1. The second kappa shape index (κ2) is 7.61. The molecular formula is C14H21ClN4O2. The normalized spacial score (nSPS) is 16.6. The van der Waals surface area contributed by atoms with Gasteiger partial charge in [0.1, 0.15) is 0 Å². The van der Waals surface area contributed by atoms with Crippen LogP contribution in [0.3, 0.4) is 0 Å². The van der Waals surface area contributed by atoms with E-state index in [9.17, 15) is 4.79 Å². The van der Waals surface area contributed by atoms with Crippen LogP contribution in [0.25, 0.3) is 0 Å². The van der Waals surface area contributed by atoms with Gasteiger partial charge < -0.3 is 15.4 Å². The first kappa shape index (κ1) is 16.0. The molecule has 0 aromatic heterocycles. The second-order valence-corrected chi connectivity index (χ2v) is 5.48. The van der Waals surface area contributed by atoms with Crippen molar-refractivity contribution in [2.24, 2.45) is 5.84 Å². The molecule has 1 fully saturated rings. The number of nitrogens with zero attached hydrogens (tertiary/aromatic N) is 2. The van der Waals surface area contributed by atoms with Gasteiger partial charge in [0, 0.05) is 31.2 Å². The van der Waals surface area contributed by atoms with Gasteiger partial charge in [-0.2, -0.15) is 0 Å². The van der Waals surface area contributed by atoms with E-state index in [-0.39, 0.29) is 12.5 Å². The second-order valence-electron chi connectivity index (χ2n) is 5.05. The fraction of sp³-hybridized carbons (Fsp3) is 0.500. The average Bonchev–Trinajstić information content (AvgIpc) is 2.72. The third kappa shape index (κ3) is 4.07. The molecule has 1 aromatic rings. The molecule has 1 heterocycles. The first-order chi connectivity index (χ1) is 10.2. The van der Waals surface area contributed by atoms with E-state index in [1.165, 1.54) is 0 Å². The highest BCUT2D eigenvalue weighted by atomic mass is 35.5. The summed E-state index contributed by atoms with van der Waals surface area (Å²) in [6, 6.07) is 5.03. The molecule has 1 aromatic carbocycles. The number of amides is 1. The summed E-state index contributed by atoms with van der Waals surface area (Å²) in [4.78, 5) is 16.6. The van der Waals surface area contributed by atoms with Crippen LogP contribution in [0.4, 0.5) is 5.69 Å². The van der Waals surface area contributed by atoms with Gasteiger partial charge in [-0.25, -0.2) is 0 Å². The van der Waals surface area contributed by atoms with E-state index in [4.69, 9.17) is 22.6 Å². The number of hydrazine groups is 1. The van der Waals surface area contributed by atoms with Crippen molar-refractivity contribution >= 4 is 23.2 Å². The maximum atomic E-state index is 12.7. The largest absolute Gasteiger partial charge is 0.395 e. The van der Waals surface area contributed by atoms with Gasteiger partial charge in [0.05, 0.1) is 17.9 Å². The molecule has 4 N–H and O–H groups in total. The number of benzene rings is 1. The predicted octanol–water partition coefficient (Wildman–Crippen LogP) is 0.766. The maximum Gasteiger partial charge on any atom is 0.256 e. The van der Waals surface area contributed by atoms with Crippen LogP contribution < -0.4 is 11.3 Å². The molecule has 0 bridgehead atoms. The highest BCUT2D eigenvalue weighted by Crippen LogP contribution is 2.22. The molecule has 2 rings (SSSR count). The van der Waals surface area contributed by atoms with E-state index in [0.29, 0.717) is 35.9 Å². The number of carbonyl (C=O) groups excluding carboxylic acids is 1. The molecule has 1 saturated heterocycles. The number of hydrogen-bond donors (Lipinski definition) is 3. The minimum absolute atomic E-state index is 0.0729. The zero-order valence-electron chi connectivity index (χ0n) is 11.9. The van der Waals surface area contributed by atoms with Crippen molar-refractivity contribution in [3.8, 4) is 0 Å². The first-order valence-corrected chi connectivity index (χ1v) is 7.42. The van der Waals surface area contributed by atoms with Crippen molar-refractivity contribution in [3.05, 3.63) is 28.8 Å². The quantitative estimate of drug-likeness (QED) is 0.565. The van der Waals surface area contributed by atoms with Gasteiger partial charge in [0.15, 0.2) is 0 Å². The summed E-state index contributed by atoms with van der Waals surface area (Å²) in [5.41, 5.74) is 3.59. The van der Waals surface area contributed by atoms with Crippen LogP contribution in [0.5, 0.6) is 0 Å². The Morgan fingerprint density at radius 2 is 2.14 bits per heavy atom. The number of aliphatic hydroxyl groups excluding tert-OH is 1. The third-order valence-electron chi connectivity index (χ3n) is 3.66. The summed E-state index contributed by atoms with van der Waals surface area (Å²) in [6.45, 7) is 3.77. The van der Waals surface area contributed by atoms with Crippen LogP contribution in [0.2, 0.25) is 5.02 Å². The van der Waals surface area contributed by atoms with Gasteiger partial charge in [0.25, 0.3) is 5.91 Å². The SMILES string of the molecule is NNc1ccc(Cl)cc1C(=O)N1CCCN(CCO)CC1. The average molecular weight is 313 g/mol. The minimum atomic E-state index is -0.0729. The Bertz CT molecular complexity index is 498. The summed E-state index contributed by atoms with van der Waals surface area (Å²) in [6.07, 6.45) is 0.887. The molecule has 0 unspecified atom stereocenters. The monoisotopic (exact) mass is 312 g/mol. The Balaban J connectivity index is 2.11. The molecule has 6 nitrogen and oxygen atoms in total. The Kier molecular flexibility index (Phi) is 5.81. The fourth-order valence-electron chi connectivity index (χ4n) is 2.53. The Morgan fingerprint density at radius 3 is 2.86 bits per heavy atom. The highest BCUT2D eigenvalue weighted by molar-refractivity contribution is 6.31. The molecule has 1 amide bonds. The van der Waals surface area contributed by atoms with Gasteiger partial charge in [-0.05, 0) is 31.2 Å². The van der Waals surface area contributed by atoms with Crippen LogP contribution in [0.1, 0.15) is 16.8 Å². The zero-order valence-corrected chi connectivity index (χ0v) is 12.6. The Hall–Kier alpha value is -1.34. The van der Waals surface area contributed by atoms with Crippen molar-refractivity contribution in [1.29, 1.82) is 0 Å². The number of anilines is 1. The number of β-amino-alcohol motifs (C(OH)–C–C–N with tert-alkyl or cyclic N) is 1. The molecule has 7 heteroatoms. The first-order valence-electron chi connectivity index (χ1n) is 7.04. The van der Waals surface area contributed by atoms with Crippen LogP contribution in [0.15, 0.2) is 18.2 Å². The maximum absolute atomic E-state index is 12.7. The van der Waals surface area contributed by atoms with Crippen LogP contribution >= 0.6 is 11.6 Å². The van der Waals surface area contributed by atoms with Gasteiger partial charge in [-0.3, -0.25) is 15.5 Å². The third-order valence-corrected chi connectivity index (χ3v) is 3.89. The molecule has 0 spiro atoms. The standard InChI is InChI=1S/C14H21ClN4O2/c15-11-2-3-13(17-16)12(10-11)14(21)19-5-1-4-18(6-7-19)8-9-20/h2-3,10,17,20H,1,4-9,16H2. The van der Waals surface area contributed by atoms with Gasteiger partial charge in [0.2, 0.25) is 0 Å². The van der Waals surface area contributed by atoms with Gasteiger partial charge >= 0.3 is 0 Å². The van der Waals surface area contributed by atoms with E-state index in [2.05, 4.69) is 10.3 Å². The van der Waals surface area contributed by atoms with Crippen LogP contribution in [-0.2, 0) is 0 Å². The van der Waals surface area contributed by atoms with Crippen molar-refractivity contribution in [2.45, 2.75) is 6.42 Å². The molecule has 0 saturated carbocycles. The van der Waals surface area contributed by atoms with E-state index in [0.717, 1.165) is 19.5 Å².